The number of ether oxygens (including phenoxy) is 2. The highest BCUT2D eigenvalue weighted by atomic mass is 32.2. The molecule has 0 aliphatic heterocycles. The van der Waals surface area contributed by atoms with Gasteiger partial charge in [-0.1, -0.05) is 48.5 Å². The lowest BCUT2D eigenvalue weighted by molar-refractivity contribution is -0.119. The number of nitrogens with zero attached hydrogens (tertiary/aromatic N) is 1. The molecule has 3 aromatic carbocycles. The molecule has 0 radical (unpaired) electrons. The highest BCUT2D eigenvalue weighted by Gasteiger charge is 2.24. The molecule has 178 valence electrons. The molecule has 0 saturated heterocycles. The van der Waals surface area contributed by atoms with Crippen molar-refractivity contribution < 1.29 is 27.5 Å². The van der Waals surface area contributed by atoms with Crippen molar-refractivity contribution in [2.75, 3.05) is 33.1 Å². The minimum absolute atomic E-state index is 0.0153. The molecule has 1 N–H and O–H groups in total. The van der Waals surface area contributed by atoms with Crippen molar-refractivity contribution in [3.05, 3.63) is 89.5 Å². The summed E-state index contributed by atoms with van der Waals surface area (Å²) in [6, 6.07) is 21.1. The second-order valence-electron chi connectivity index (χ2n) is 7.60. The third-order valence-corrected chi connectivity index (χ3v) is 6.86. The average Bonchev–Trinajstić information content (AvgIpc) is 2.84. The van der Waals surface area contributed by atoms with Crippen LogP contribution >= 0.6 is 0 Å². The van der Waals surface area contributed by atoms with Crippen LogP contribution < -0.4 is 10.1 Å². The Balaban J connectivity index is 1.68. The zero-order valence-corrected chi connectivity index (χ0v) is 20.0. The number of benzene rings is 3. The van der Waals surface area contributed by atoms with Crippen molar-refractivity contribution in [1.82, 2.24) is 4.31 Å². The first-order valence-electron chi connectivity index (χ1n) is 10.4. The number of hydrogen-bond acceptors (Lipinski definition) is 6. The molecule has 0 aliphatic rings. The van der Waals surface area contributed by atoms with Crippen molar-refractivity contribution >= 4 is 27.6 Å². The summed E-state index contributed by atoms with van der Waals surface area (Å²) in [5.41, 5.74) is 2.62. The van der Waals surface area contributed by atoms with E-state index in [-0.39, 0.29) is 16.2 Å². The zero-order chi connectivity index (χ0) is 24.7. The first kappa shape index (κ1) is 24.9. The van der Waals surface area contributed by atoms with Crippen molar-refractivity contribution in [3.63, 3.8) is 0 Å². The molecule has 0 atom stereocenters. The van der Waals surface area contributed by atoms with Crippen LogP contribution in [-0.2, 0) is 26.0 Å². The number of para-hydroxylation sites is 1. The molecule has 0 aliphatic carbocycles. The first-order chi connectivity index (χ1) is 16.2. The molecule has 3 rings (SSSR count). The quantitative estimate of drug-likeness (QED) is 0.470. The van der Waals surface area contributed by atoms with Gasteiger partial charge in [-0.3, -0.25) is 4.79 Å². The van der Waals surface area contributed by atoms with Gasteiger partial charge in [0.05, 0.1) is 12.7 Å². The van der Waals surface area contributed by atoms with Crippen LogP contribution in [0.2, 0.25) is 0 Å². The monoisotopic (exact) mass is 482 g/mol. The van der Waals surface area contributed by atoms with Gasteiger partial charge in [0.1, 0.15) is 10.6 Å². The van der Waals surface area contributed by atoms with Gasteiger partial charge in [-0.2, -0.15) is 0 Å². The Hall–Kier alpha value is -3.69. The van der Waals surface area contributed by atoms with E-state index < -0.39 is 28.5 Å². The SMILES string of the molecule is COc1ccc(C(=O)OCC(=O)Nc2ccccc2Cc2ccccc2)cc1S(=O)(=O)N(C)C. The van der Waals surface area contributed by atoms with E-state index in [0.717, 1.165) is 15.4 Å². The van der Waals surface area contributed by atoms with Gasteiger partial charge in [0, 0.05) is 19.8 Å². The minimum Gasteiger partial charge on any atom is -0.495 e. The highest BCUT2D eigenvalue weighted by Crippen LogP contribution is 2.27. The highest BCUT2D eigenvalue weighted by molar-refractivity contribution is 7.89. The second kappa shape index (κ2) is 11.0. The lowest BCUT2D eigenvalue weighted by Gasteiger charge is -2.15. The Morgan fingerprint density at radius 1 is 0.941 bits per heavy atom. The number of hydrogen-bond donors (Lipinski definition) is 1. The minimum atomic E-state index is -3.86. The number of nitrogens with one attached hydrogen (secondary N) is 1. The van der Waals surface area contributed by atoms with E-state index in [0.29, 0.717) is 12.1 Å². The lowest BCUT2D eigenvalue weighted by Crippen LogP contribution is -2.24. The van der Waals surface area contributed by atoms with Crippen molar-refractivity contribution in [1.29, 1.82) is 0 Å². The van der Waals surface area contributed by atoms with Gasteiger partial charge in [-0.15, -0.1) is 0 Å². The van der Waals surface area contributed by atoms with Crippen LogP contribution in [0.1, 0.15) is 21.5 Å². The van der Waals surface area contributed by atoms with Crippen LogP contribution in [0.15, 0.2) is 77.7 Å². The molecule has 0 saturated carbocycles. The Bertz CT molecular complexity index is 1270. The number of anilines is 1. The van der Waals surface area contributed by atoms with Crippen LogP contribution in [0.5, 0.6) is 5.75 Å². The molecule has 0 fully saturated rings. The summed E-state index contributed by atoms with van der Waals surface area (Å²) in [7, 11) is 0.228. The number of esters is 1. The summed E-state index contributed by atoms with van der Waals surface area (Å²) in [6.07, 6.45) is 0.631. The van der Waals surface area contributed by atoms with Crippen LogP contribution in [0.25, 0.3) is 0 Å². The van der Waals surface area contributed by atoms with E-state index in [2.05, 4.69) is 5.32 Å². The fourth-order valence-electron chi connectivity index (χ4n) is 3.21. The van der Waals surface area contributed by atoms with Gasteiger partial charge in [0.15, 0.2) is 6.61 Å². The number of methoxy groups -OCH3 is 1. The van der Waals surface area contributed by atoms with Crippen LogP contribution in [0.3, 0.4) is 0 Å². The molecular weight excluding hydrogens is 456 g/mol. The molecule has 3 aromatic rings. The Morgan fingerprint density at radius 3 is 2.29 bits per heavy atom. The van der Waals surface area contributed by atoms with E-state index in [4.69, 9.17) is 9.47 Å². The first-order valence-corrected chi connectivity index (χ1v) is 11.9. The summed E-state index contributed by atoms with van der Waals surface area (Å²) < 4.78 is 36.3. The van der Waals surface area contributed by atoms with Gasteiger partial charge in [0.25, 0.3) is 5.91 Å². The summed E-state index contributed by atoms with van der Waals surface area (Å²) in [5, 5.41) is 2.77. The fraction of sp³-hybridized carbons (Fsp3) is 0.200. The zero-order valence-electron chi connectivity index (χ0n) is 19.1. The van der Waals surface area contributed by atoms with Gasteiger partial charge >= 0.3 is 5.97 Å². The number of amides is 1. The van der Waals surface area contributed by atoms with Gasteiger partial charge in [0.2, 0.25) is 10.0 Å². The van der Waals surface area contributed by atoms with Crippen molar-refractivity contribution in [2.24, 2.45) is 0 Å². The van der Waals surface area contributed by atoms with Crippen LogP contribution in [0, 0.1) is 0 Å². The maximum atomic E-state index is 12.5. The molecule has 8 nitrogen and oxygen atoms in total. The normalized spacial score (nSPS) is 11.2. The maximum Gasteiger partial charge on any atom is 0.338 e. The van der Waals surface area contributed by atoms with E-state index in [1.165, 1.54) is 39.4 Å². The molecule has 0 unspecified atom stereocenters. The molecule has 0 heterocycles. The Labute approximate surface area is 199 Å². The van der Waals surface area contributed by atoms with Gasteiger partial charge in [-0.05, 0) is 41.8 Å². The Morgan fingerprint density at radius 2 is 1.62 bits per heavy atom. The smallest absolute Gasteiger partial charge is 0.338 e. The topological polar surface area (TPSA) is 102 Å². The van der Waals surface area contributed by atoms with Crippen molar-refractivity contribution in [3.8, 4) is 5.75 Å². The van der Waals surface area contributed by atoms with Gasteiger partial charge in [-0.25, -0.2) is 17.5 Å². The third-order valence-electron chi connectivity index (χ3n) is 5.02. The molecule has 0 aromatic heterocycles. The number of carbonyl (C=O) groups is 2. The maximum absolute atomic E-state index is 12.5. The van der Waals surface area contributed by atoms with Crippen LogP contribution in [0.4, 0.5) is 5.69 Å². The van der Waals surface area contributed by atoms with Gasteiger partial charge < -0.3 is 14.8 Å². The molecule has 1 amide bonds. The summed E-state index contributed by atoms with van der Waals surface area (Å²) in [4.78, 5) is 24.8. The van der Waals surface area contributed by atoms with Crippen molar-refractivity contribution in [2.45, 2.75) is 11.3 Å². The average molecular weight is 483 g/mol. The van der Waals surface area contributed by atoms with Crippen LogP contribution in [-0.4, -0.2) is 52.4 Å². The fourth-order valence-corrected chi connectivity index (χ4v) is 4.29. The van der Waals surface area contributed by atoms with E-state index >= 15 is 0 Å². The largest absolute Gasteiger partial charge is 0.495 e. The predicted molar refractivity (Wildman–Crippen MR) is 128 cm³/mol. The summed E-state index contributed by atoms with van der Waals surface area (Å²) >= 11 is 0. The predicted octanol–water partition coefficient (Wildman–Crippen LogP) is 3.33. The van der Waals surface area contributed by atoms with E-state index in [1.54, 1.807) is 12.1 Å². The lowest BCUT2D eigenvalue weighted by atomic mass is 10.0. The molecule has 0 spiro atoms. The molecule has 34 heavy (non-hydrogen) atoms. The number of carbonyl (C=O) groups excluding carboxylic acids is 2. The number of sulfonamides is 1. The summed E-state index contributed by atoms with van der Waals surface area (Å²) in [5.74, 6) is -1.24. The standard InChI is InChI=1S/C25H26N2O6S/c1-27(2)34(30,31)23-16-20(13-14-22(23)32-3)25(29)33-17-24(28)26-21-12-8-7-11-19(21)15-18-9-5-4-6-10-18/h4-14,16H,15,17H2,1-3H3,(H,26,28). The number of rotatable bonds is 9. The molecule has 9 heteroatoms. The molecule has 0 bridgehead atoms. The molecular formula is C25H26N2O6S. The summed E-state index contributed by atoms with van der Waals surface area (Å²) in [6.45, 7) is -0.527. The van der Waals surface area contributed by atoms with E-state index in [9.17, 15) is 18.0 Å². The third kappa shape index (κ3) is 6.00. The second-order valence-corrected chi connectivity index (χ2v) is 9.72. The Kier molecular flexibility index (Phi) is 8.04. The van der Waals surface area contributed by atoms with E-state index in [1.807, 2.05) is 42.5 Å².